The Bertz CT molecular complexity index is 1130. The van der Waals surface area contributed by atoms with E-state index in [2.05, 4.69) is 97.3 Å². The van der Waals surface area contributed by atoms with Crippen LogP contribution in [-0.4, -0.2) is 16.2 Å². The van der Waals surface area contributed by atoms with Crippen molar-refractivity contribution in [1.29, 1.82) is 0 Å². The van der Waals surface area contributed by atoms with Crippen molar-refractivity contribution in [3.8, 4) is 34.2 Å². The van der Waals surface area contributed by atoms with Crippen molar-refractivity contribution in [2.24, 2.45) is 5.92 Å². The Morgan fingerprint density at radius 2 is 1.26 bits per heavy atom. The Balaban J connectivity index is 1.58. The second-order valence-electron chi connectivity index (χ2n) is 9.23. The minimum Gasteiger partial charge on any atom is -0.464 e. The summed E-state index contributed by atoms with van der Waals surface area (Å²) in [5, 5.41) is 0. The quantitative estimate of drug-likeness (QED) is 0.184. The van der Waals surface area contributed by atoms with Gasteiger partial charge >= 0.3 is 6.01 Å². The van der Waals surface area contributed by atoms with Crippen LogP contribution in [0.3, 0.4) is 0 Å². The number of imidazole rings is 1. The van der Waals surface area contributed by atoms with Gasteiger partial charge < -0.3 is 4.74 Å². The topological polar surface area (TPSA) is 27.1 Å². The van der Waals surface area contributed by atoms with Gasteiger partial charge in [-0.25, -0.2) is 0 Å². The van der Waals surface area contributed by atoms with E-state index >= 15 is 0 Å². The number of rotatable bonds is 13. The van der Waals surface area contributed by atoms with E-state index in [4.69, 9.17) is 9.72 Å². The van der Waals surface area contributed by atoms with E-state index in [0.717, 1.165) is 40.5 Å². The first kappa shape index (κ1) is 24.8. The van der Waals surface area contributed by atoms with Gasteiger partial charge in [-0.2, -0.15) is 4.98 Å². The lowest BCUT2D eigenvalue weighted by Crippen LogP contribution is -2.05. The van der Waals surface area contributed by atoms with Crippen molar-refractivity contribution in [1.82, 2.24) is 9.55 Å². The molecule has 0 aliphatic rings. The maximum Gasteiger partial charge on any atom is 0.302 e. The maximum atomic E-state index is 6.38. The highest BCUT2D eigenvalue weighted by molar-refractivity contribution is 5.81. The van der Waals surface area contributed by atoms with Gasteiger partial charge in [0.15, 0.2) is 0 Å². The second kappa shape index (κ2) is 12.9. The van der Waals surface area contributed by atoms with Crippen LogP contribution in [0.1, 0.15) is 58.8 Å². The van der Waals surface area contributed by atoms with Gasteiger partial charge in [-0.1, -0.05) is 131 Å². The molecule has 0 atom stereocenters. The average Bonchev–Trinajstić information content (AvgIpc) is 3.31. The molecule has 35 heavy (non-hydrogen) atoms. The highest BCUT2D eigenvalue weighted by Gasteiger charge is 2.22. The zero-order chi connectivity index (χ0) is 24.3. The number of para-hydroxylation sites is 1. The minimum atomic E-state index is 0.658. The van der Waals surface area contributed by atoms with Crippen LogP contribution in [0, 0.1) is 5.92 Å². The Kier molecular flexibility index (Phi) is 9.17. The number of hydrogen-bond acceptors (Lipinski definition) is 2. The summed E-state index contributed by atoms with van der Waals surface area (Å²) in [4.78, 5) is 5.05. The van der Waals surface area contributed by atoms with Crippen molar-refractivity contribution in [2.75, 3.05) is 6.61 Å². The van der Waals surface area contributed by atoms with Crippen molar-refractivity contribution < 1.29 is 4.74 Å². The van der Waals surface area contributed by atoms with Crippen LogP contribution in [0.2, 0.25) is 0 Å². The molecule has 0 fully saturated rings. The van der Waals surface area contributed by atoms with Crippen LogP contribution >= 0.6 is 0 Å². The number of aromatic nitrogens is 2. The molecule has 0 unspecified atom stereocenters. The number of unbranched alkanes of at least 4 members (excludes halogenated alkanes) is 3. The summed E-state index contributed by atoms with van der Waals surface area (Å²) >= 11 is 0. The van der Waals surface area contributed by atoms with Gasteiger partial charge in [0.25, 0.3) is 0 Å². The van der Waals surface area contributed by atoms with Crippen molar-refractivity contribution in [3.63, 3.8) is 0 Å². The minimum absolute atomic E-state index is 0.658. The van der Waals surface area contributed by atoms with Gasteiger partial charge in [-0.3, -0.25) is 4.57 Å². The van der Waals surface area contributed by atoms with E-state index in [9.17, 15) is 0 Å². The van der Waals surface area contributed by atoms with Gasteiger partial charge in [0, 0.05) is 11.1 Å². The predicted octanol–water partition coefficient (Wildman–Crippen LogP) is 8.97. The third kappa shape index (κ3) is 6.42. The summed E-state index contributed by atoms with van der Waals surface area (Å²) in [6.07, 6.45) is 8.80. The van der Waals surface area contributed by atoms with E-state index in [-0.39, 0.29) is 0 Å². The monoisotopic (exact) mass is 466 g/mol. The van der Waals surface area contributed by atoms with Crippen LogP contribution in [0.5, 0.6) is 6.01 Å². The molecule has 0 bridgehead atoms. The zero-order valence-electron chi connectivity index (χ0n) is 21.2. The predicted molar refractivity (Wildman–Crippen MR) is 147 cm³/mol. The molecule has 3 nitrogen and oxygen atoms in total. The first-order valence-corrected chi connectivity index (χ1v) is 13.2. The van der Waals surface area contributed by atoms with E-state index in [1.54, 1.807) is 0 Å². The maximum absolute atomic E-state index is 6.38. The lowest BCUT2D eigenvalue weighted by atomic mass is 9.96. The van der Waals surface area contributed by atoms with E-state index in [0.29, 0.717) is 12.6 Å². The first-order chi connectivity index (χ1) is 17.3. The Morgan fingerprint density at radius 1 is 0.686 bits per heavy atom. The molecule has 0 spiro atoms. The fourth-order valence-electron chi connectivity index (χ4n) is 4.72. The van der Waals surface area contributed by atoms with Gasteiger partial charge in [-0.05, 0) is 24.5 Å². The Hall–Kier alpha value is -3.33. The third-order valence-corrected chi connectivity index (χ3v) is 6.85. The molecule has 4 aromatic rings. The van der Waals surface area contributed by atoms with Gasteiger partial charge in [-0.15, -0.1) is 0 Å². The SMILES string of the molecule is CCC(CC)CCCCCCOc1nc(-c2ccccc2)c(-c2ccccc2)n1-c1ccccc1. The molecular weight excluding hydrogens is 428 g/mol. The summed E-state index contributed by atoms with van der Waals surface area (Å²) in [5.41, 5.74) is 5.27. The molecule has 0 aliphatic carbocycles. The van der Waals surface area contributed by atoms with Crippen molar-refractivity contribution in [3.05, 3.63) is 91.0 Å². The molecule has 0 N–H and O–H groups in total. The molecule has 4 rings (SSSR count). The molecular formula is C32H38N2O. The largest absolute Gasteiger partial charge is 0.464 e. The normalized spacial score (nSPS) is 11.2. The summed E-state index contributed by atoms with van der Waals surface area (Å²) < 4.78 is 8.55. The van der Waals surface area contributed by atoms with Gasteiger partial charge in [0.2, 0.25) is 0 Å². The standard InChI is InChI=1S/C32H38N2O/c1-3-26(4-2)18-10-5-6-17-25-35-32-33-30(27-19-11-7-12-20-27)31(28-21-13-8-14-22-28)34(32)29-23-15-9-16-24-29/h7-9,11-16,19-24,26H,3-6,10,17-18,25H2,1-2H3. The summed E-state index contributed by atoms with van der Waals surface area (Å²) in [6.45, 7) is 5.30. The second-order valence-corrected chi connectivity index (χ2v) is 9.23. The molecule has 182 valence electrons. The molecule has 3 heteroatoms. The Morgan fingerprint density at radius 3 is 1.89 bits per heavy atom. The molecule has 0 radical (unpaired) electrons. The smallest absolute Gasteiger partial charge is 0.302 e. The van der Waals surface area contributed by atoms with Crippen LogP contribution < -0.4 is 4.74 Å². The number of nitrogens with zero attached hydrogens (tertiary/aromatic N) is 2. The number of benzene rings is 3. The Labute approximate surface area is 210 Å². The van der Waals surface area contributed by atoms with E-state index < -0.39 is 0 Å². The van der Waals surface area contributed by atoms with E-state index in [1.807, 2.05) is 12.1 Å². The molecule has 1 heterocycles. The lowest BCUT2D eigenvalue weighted by Gasteiger charge is -2.14. The molecule has 0 saturated heterocycles. The molecule has 0 saturated carbocycles. The molecule has 0 aliphatic heterocycles. The fourth-order valence-corrected chi connectivity index (χ4v) is 4.72. The number of hydrogen-bond donors (Lipinski definition) is 0. The average molecular weight is 467 g/mol. The zero-order valence-corrected chi connectivity index (χ0v) is 21.2. The van der Waals surface area contributed by atoms with Crippen molar-refractivity contribution in [2.45, 2.75) is 58.8 Å². The van der Waals surface area contributed by atoms with Gasteiger partial charge in [0.1, 0.15) is 5.69 Å². The van der Waals surface area contributed by atoms with Crippen LogP contribution in [0.4, 0.5) is 0 Å². The van der Waals surface area contributed by atoms with Crippen LogP contribution in [0.15, 0.2) is 91.0 Å². The van der Waals surface area contributed by atoms with Crippen molar-refractivity contribution >= 4 is 0 Å². The van der Waals surface area contributed by atoms with Gasteiger partial charge in [0.05, 0.1) is 18.0 Å². The van der Waals surface area contributed by atoms with Crippen LogP contribution in [-0.2, 0) is 0 Å². The summed E-state index contributed by atoms with van der Waals surface area (Å²) in [6, 6.07) is 32.0. The highest BCUT2D eigenvalue weighted by atomic mass is 16.5. The fraction of sp³-hybridized carbons (Fsp3) is 0.344. The van der Waals surface area contributed by atoms with E-state index in [1.165, 1.54) is 38.5 Å². The summed E-state index contributed by atoms with van der Waals surface area (Å²) in [5.74, 6) is 0.886. The molecule has 0 amide bonds. The first-order valence-electron chi connectivity index (χ1n) is 13.2. The molecule has 3 aromatic carbocycles. The lowest BCUT2D eigenvalue weighted by molar-refractivity contribution is 0.277. The molecule has 1 aromatic heterocycles. The number of ether oxygens (including phenoxy) is 1. The third-order valence-electron chi connectivity index (χ3n) is 6.85. The summed E-state index contributed by atoms with van der Waals surface area (Å²) in [7, 11) is 0. The van der Waals surface area contributed by atoms with Crippen LogP contribution in [0.25, 0.3) is 28.2 Å². The highest BCUT2D eigenvalue weighted by Crippen LogP contribution is 2.37.